The zero-order chi connectivity index (χ0) is 17.4. The third-order valence-corrected chi connectivity index (χ3v) is 3.14. The molecule has 128 valence electrons. The number of hydrogen-bond donors (Lipinski definition) is 0. The normalized spacial score (nSPS) is 13.0. The van der Waals surface area contributed by atoms with Gasteiger partial charge in [0.15, 0.2) is 0 Å². The molecule has 0 spiro atoms. The minimum atomic E-state index is -1.04. The fraction of sp³-hybridized carbons (Fsp3) is 0.625. The second-order valence-electron chi connectivity index (χ2n) is 4.53. The van der Waals surface area contributed by atoms with Crippen molar-refractivity contribution in [3.63, 3.8) is 0 Å². The maximum atomic E-state index is 9.98. The molecule has 0 saturated heterocycles. The summed E-state index contributed by atoms with van der Waals surface area (Å²) in [5.74, 6) is -2.08. The number of alkyl halides is 2. The van der Waals surface area contributed by atoms with E-state index in [1.807, 2.05) is 38.2 Å². The minimum absolute atomic E-state index is 0. The Bertz CT molecular complexity index is 326. The molecule has 0 N–H and O–H groups in total. The number of carboxylic acids is 2. The number of carbonyl (C=O) groups excluding carboxylic acids is 2. The summed E-state index contributed by atoms with van der Waals surface area (Å²) in [4.78, 5) is 20.0. The molecule has 0 radical (unpaired) electrons. The zero-order valence-electron chi connectivity index (χ0n) is 13.8. The van der Waals surface area contributed by atoms with Crippen molar-refractivity contribution in [3.8, 4) is 0 Å². The van der Waals surface area contributed by atoms with Gasteiger partial charge < -0.3 is 19.8 Å². The van der Waals surface area contributed by atoms with Gasteiger partial charge in [-0.05, 0) is 38.5 Å². The van der Waals surface area contributed by atoms with E-state index in [1.54, 1.807) is 0 Å². The van der Waals surface area contributed by atoms with Gasteiger partial charge in [-0.3, -0.25) is 0 Å². The molecule has 4 nitrogen and oxygen atoms in total. The molecule has 0 bridgehead atoms. The van der Waals surface area contributed by atoms with Crippen LogP contribution >= 0.6 is 23.2 Å². The van der Waals surface area contributed by atoms with E-state index in [0.717, 1.165) is 12.8 Å². The third kappa shape index (κ3) is 27.4. The Morgan fingerprint density at radius 1 is 0.870 bits per heavy atom. The molecule has 0 saturated carbocycles. The molecule has 0 aromatic rings. The van der Waals surface area contributed by atoms with E-state index in [9.17, 15) is 19.8 Å². The average Bonchev–Trinajstić information content (AvgIpc) is 2.47. The largest absolute Gasteiger partial charge is 2.00 e. The number of carboxylic acid groups (broad SMARTS) is 2. The summed E-state index contributed by atoms with van der Waals surface area (Å²) >= 11 is 11.5. The third-order valence-electron chi connectivity index (χ3n) is 2.41. The number of aliphatic carboxylic acids is 2. The summed E-state index contributed by atoms with van der Waals surface area (Å²) in [6.07, 6.45) is 10.3. The average molecular weight is 391 g/mol. The van der Waals surface area contributed by atoms with E-state index >= 15 is 0 Å². The molecule has 0 rings (SSSR count). The molecule has 7 heteroatoms. The van der Waals surface area contributed by atoms with Gasteiger partial charge in [-0.15, -0.1) is 23.2 Å². The van der Waals surface area contributed by atoms with Gasteiger partial charge in [-0.2, -0.15) is 0 Å². The summed E-state index contributed by atoms with van der Waals surface area (Å²) in [6.45, 7) is 4.00. The smallest absolute Gasteiger partial charge is 0.550 e. The van der Waals surface area contributed by atoms with E-state index in [0.29, 0.717) is 12.8 Å². The molecule has 0 amide bonds. The fourth-order valence-electron chi connectivity index (χ4n) is 1.27. The van der Waals surface area contributed by atoms with Gasteiger partial charge in [0.1, 0.15) is 0 Å². The maximum absolute atomic E-state index is 9.98. The summed E-state index contributed by atoms with van der Waals surface area (Å²) < 4.78 is 0. The predicted molar refractivity (Wildman–Crippen MR) is 92.4 cm³/mol. The van der Waals surface area contributed by atoms with E-state index in [4.69, 9.17) is 23.2 Å². The van der Waals surface area contributed by atoms with Crippen molar-refractivity contribution in [2.24, 2.45) is 0 Å². The van der Waals surface area contributed by atoms with Crippen LogP contribution in [-0.4, -0.2) is 60.4 Å². The van der Waals surface area contributed by atoms with Crippen LogP contribution < -0.4 is 10.2 Å². The number of allylic oxidation sites excluding steroid dienone is 4. The molecule has 0 fully saturated rings. The Morgan fingerprint density at radius 3 is 1.39 bits per heavy atom. The Balaban J connectivity index is -0.000000333. The second kappa shape index (κ2) is 20.3. The van der Waals surface area contributed by atoms with Crippen LogP contribution in [0.1, 0.15) is 52.4 Å². The predicted octanol–water partition coefficient (Wildman–Crippen LogP) is 1.80. The van der Waals surface area contributed by atoms with Crippen LogP contribution in [0.5, 0.6) is 0 Å². The van der Waals surface area contributed by atoms with Crippen LogP contribution in [0.4, 0.5) is 0 Å². The van der Waals surface area contributed by atoms with Gasteiger partial charge in [0.2, 0.25) is 0 Å². The van der Waals surface area contributed by atoms with Crippen LogP contribution in [0.25, 0.3) is 0 Å². The molecule has 0 aliphatic rings. The minimum Gasteiger partial charge on any atom is -0.550 e. The molecule has 0 aromatic carbocycles. The first-order chi connectivity index (χ1) is 10.3. The van der Waals surface area contributed by atoms with Crippen LogP contribution in [0.2, 0.25) is 0 Å². The number of halogens is 2. The first-order valence-corrected chi connectivity index (χ1v) is 8.21. The summed E-state index contributed by atoms with van der Waals surface area (Å²) in [7, 11) is 0. The van der Waals surface area contributed by atoms with Crippen molar-refractivity contribution in [2.45, 2.75) is 63.1 Å². The topological polar surface area (TPSA) is 80.3 Å². The van der Waals surface area contributed by atoms with E-state index in [2.05, 4.69) is 0 Å². The Hall–Kier alpha value is 0.260. The zero-order valence-corrected chi connectivity index (χ0v) is 17.5. The van der Waals surface area contributed by atoms with Crippen LogP contribution in [-0.2, 0) is 9.59 Å². The number of rotatable bonds is 10. The van der Waals surface area contributed by atoms with Crippen LogP contribution in [0.15, 0.2) is 24.3 Å². The summed E-state index contributed by atoms with van der Waals surface area (Å²) in [6, 6.07) is 0. The van der Waals surface area contributed by atoms with Crippen molar-refractivity contribution in [3.05, 3.63) is 24.3 Å². The number of carbonyl (C=O) groups is 2. The first kappa shape index (κ1) is 28.1. The second-order valence-corrected chi connectivity index (χ2v) is 5.65. The van der Waals surface area contributed by atoms with Gasteiger partial charge in [0.05, 0.1) is 10.8 Å². The molecular formula is C16H24CaCl2O4. The monoisotopic (exact) mass is 390 g/mol. The Morgan fingerprint density at radius 2 is 1.17 bits per heavy atom. The van der Waals surface area contributed by atoms with Crippen molar-refractivity contribution >= 4 is 72.9 Å². The quantitative estimate of drug-likeness (QED) is 0.323. The Kier molecular flexibility index (Phi) is 24.8. The van der Waals surface area contributed by atoms with E-state index in [-0.39, 0.29) is 61.3 Å². The van der Waals surface area contributed by atoms with Crippen LogP contribution in [0.3, 0.4) is 0 Å². The summed E-state index contributed by atoms with van der Waals surface area (Å²) in [5, 5.41) is 19.6. The SMILES string of the molecule is CC/C=C/C(Cl)CCC(=O)[O-].CC/C=C/C(Cl)CCC(=O)[O-].[Ca+2]. The summed E-state index contributed by atoms with van der Waals surface area (Å²) in [5.41, 5.74) is 0. The van der Waals surface area contributed by atoms with Gasteiger partial charge in [0, 0.05) is 11.9 Å². The molecule has 0 aliphatic heterocycles. The molecule has 0 heterocycles. The van der Waals surface area contributed by atoms with Crippen molar-refractivity contribution < 1.29 is 19.8 Å². The molecular weight excluding hydrogens is 367 g/mol. The molecule has 2 atom stereocenters. The van der Waals surface area contributed by atoms with Gasteiger partial charge >= 0.3 is 37.7 Å². The van der Waals surface area contributed by atoms with E-state index < -0.39 is 11.9 Å². The standard InChI is InChI=1S/2C8H13ClO2.Ca/c2*1-2-3-4-7(9)5-6-8(10)11;/h2*3-4,7H,2,5-6H2,1H3,(H,10,11);/q;;+2/p-2/b2*4-3+;. The van der Waals surface area contributed by atoms with Crippen molar-refractivity contribution in [2.75, 3.05) is 0 Å². The number of hydrogen-bond acceptors (Lipinski definition) is 4. The van der Waals surface area contributed by atoms with E-state index in [1.165, 1.54) is 0 Å². The molecule has 0 aromatic heterocycles. The first-order valence-electron chi connectivity index (χ1n) is 7.34. The van der Waals surface area contributed by atoms with Gasteiger partial charge in [-0.25, -0.2) is 0 Å². The van der Waals surface area contributed by atoms with Gasteiger partial charge in [0.25, 0.3) is 0 Å². The van der Waals surface area contributed by atoms with Gasteiger partial charge in [-0.1, -0.05) is 38.2 Å². The molecule has 23 heavy (non-hydrogen) atoms. The van der Waals surface area contributed by atoms with Crippen molar-refractivity contribution in [1.29, 1.82) is 0 Å². The Labute approximate surface area is 178 Å². The molecule has 0 aliphatic carbocycles. The van der Waals surface area contributed by atoms with Crippen LogP contribution in [0, 0.1) is 0 Å². The fourth-order valence-corrected chi connectivity index (χ4v) is 1.70. The van der Waals surface area contributed by atoms with Crippen molar-refractivity contribution in [1.82, 2.24) is 0 Å². The maximum Gasteiger partial charge on any atom is 2.00 e. The molecule has 2 unspecified atom stereocenters.